The van der Waals surface area contributed by atoms with E-state index in [1.54, 1.807) is 24.3 Å². The molecule has 2 aromatic heterocycles. The summed E-state index contributed by atoms with van der Waals surface area (Å²) in [6.07, 6.45) is 18.4. The van der Waals surface area contributed by atoms with Crippen molar-refractivity contribution in [2.75, 3.05) is 0 Å². The Labute approximate surface area is 383 Å². The fraction of sp³-hybridized carbons (Fsp3) is 0.259. The van der Waals surface area contributed by atoms with E-state index in [4.69, 9.17) is 29.4 Å². The molecule has 6 aromatic carbocycles. The van der Waals surface area contributed by atoms with Crippen LogP contribution in [0.5, 0.6) is 0 Å². The number of ether oxygens (including phenoxy) is 2. The monoisotopic (exact) mass is 902 g/mol. The Morgan fingerprint density at radius 3 is 1.18 bits per heavy atom. The minimum absolute atomic E-state index is 0.0598. The van der Waals surface area contributed by atoms with E-state index in [2.05, 4.69) is 24.3 Å². The van der Waals surface area contributed by atoms with Crippen LogP contribution in [0.15, 0.2) is 138 Å². The summed E-state index contributed by atoms with van der Waals surface area (Å²) < 4.78 is 14.3. The minimum atomic E-state index is -0.645. The summed E-state index contributed by atoms with van der Waals surface area (Å²) in [5, 5.41) is 5.66. The number of nitrogens with zero attached hydrogens (tertiary/aromatic N) is 4. The van der Waals surface area contributed by atoms with Crippen molar-refractivity contribution in [1.29, 1.82) is 0 Å². The molecule has 0 amide bonds. The van der Waals surface area contributed by atoms with Crippen molar-refractivity contribution in [3.05, 3.63) is 181 Å². The molecule has 2 atom stereocenters. The average molecular weight is 903 g/mol. The molecule has 8 aromatic rings. The van der Waals surface area contributed by atoms with Gasteiger partial charge in [-0.15, -0.1) is 0 Å². The molecule has 322 valence electrons. The first kappa shape index (κ1) is 38.5. The first-order valence-corrected chi connectivity index (χ1v) is 24.6. The Balaban J connectivity index is 0.881. The van der Waals surface area contributed by atoms with Crippen LogP contribution in [0.1, 0.15) is 85.4 Å². The molecule has 2 aliphatic heterocycles. The fourth-order valence-corrected chi connectivity index (χ4v) is 13.8. The summed E-state index contributed by atoms with van der Waals surface area (Å²) in [7, 11) is 0. The van der Waals surface area contributed by atoms with Crippen LogP contribution < -0.4 is 32.4 Å². The summed E-state index contributed by atoms with van der Waals surface area (Å²) in [4.78, 5) is 76.8. The number of aromatic nitrogens is 2. The number of fused-ring (bicyclic) bond motifs is 13. The number of allylic oxidation sites excluding steroid dienone is 6. The molecule has 4 heterocycles. The summed E-state index contributed by atoms with van der Waals surface area (Å²) in [6.45, 7) is 0. The van der Waals surface area contributed by atoms with Crippen molar-refractivity contribution < 1.29 is 9.47 Å². The quantitative estimate of drug-likeness (QED) is 0.167. The van der Waals surface area contributed by atoms with Gasteiger partial charge in [-0.2, -0.15) is 0 Å². The van der Waals surface area contributed by atoms with Gasteiger partial charge in [0, 0.05) is 44.5 Å². The van der Waals surface area contributed by atoms with E-state index in [1.807, 2.05) is 48.5 Å². The zero-order valence-corrected chi connectivity index (χ0v) is 37.2. The van der Waals surface area contributed by atoms with Crippen LogP contribution in [-0.2, 0) is 20.7 Å². The zero-order chi connectivity index (χ0) is 44.1. The van der Waals surface area contributed by atoms with E-state index in [9.17, 15) is 19.2 Å². The van der Waals surface area contributed by atoms with Crippen LogP contribution in [0.3, 0.4) is 0 Å². The molecule has 12 heteroatoms. The Morgan fingerprint density at radius 1 is 0.485 bits per heavy atom. The molecule has 2 fully saturated rings. The van der Waals surface area contributed by atoms with Crippen molar-refractivity contribution >= 4 is 87.2 Å². The Bertz CT molecular complexity index is 3570. The third kappa shape index (κ3) is 5.51. The Morgan fingerprint density at radius 2 is 0.833 bits per heavy atom. The lowest BCUT2D eigenvalue weighted by molar-refractivity contribution is -0.0373. The maximum absolute atomic E-state index is 13.8. The van der Waals surface area contributed by atoms with Crippen molar-refractivity contribution in [2.24, 2.45) is 21.8 Å². The highest BCUT2D eigenvalue weighted by molar-refractivity contribution is 7.17. The van der Waals surface area contributed by atoms with Gasteiger partial charge in [-0.25, -0.2) is 20.0 Å². The van der Waals surface area contributed by atoms with Crippen molar-refractivity contribution in [1.82, 2.24) is 9.97 Å². The van der Waals surface area contributed by atoms with Crippen LogP contribution >= 0.6 is 22.7 Å². The molecule has 0 saturated heterocycles. The highest BCUT2D eigenvalue weighted by Crippen LogP contribution is 2.58. The molecule has 66 heavy (non-hydrogen) atoms. The second-order valence-corrected chi connectivity index (χ2v) is 20.7. The lowest BCUT2D eigenvalue weighted by Crippen LogP contribution is -2.38. The highest BCUT2D eigenvalue weighted by atomic mass is 32.1. The van der Waals surface area contributed by atoms with Gasteiger partial charge in [0.2, 0.25) is 32.0 Å². The summed E-state index contributed by atoms with van der Waals surface area (Å²) in [6, 6.07) is 22.6. The van der Waals surface area contributed by atoms with Gasteiger partial charge in [-0.3, -0.25) is 19.2 Å². The molecule has 10 nitrogen and oxygen atoms in total. The number of hydrogen-bond acceptors (Lipinski definition) is 12. The molecule has 2 unspecified atom stereocenters. The van der Waals surface area contributed by atoms with Gasteiger partial charge in [0.25, 0.3) is 0 Å². The predicted octanol–water partition coefficient (Wildman–Crippen LogP) is 9.74. The highest BCUT2D eigenvalue weighted by Gasteiger charge is 2.50. The normalized spacial score (nSPS) is 21.2. The van der Waals surface area contributed by atoms with Crippen molar-refractivity contribution in [3.63, 3.8) is 0 Å². The number of thiazole rings is 2. The van der Waals surface area contributed by atoms with E-state index in [1.165, 1.54) is 22.7 Å². The molecule has 2 spiro atoms. The molecular weight excluding hydrogens is 865 g/mol. The van der Waals surface area contributed by atoms with E-state index < -0.39 is 11.2 Å². The number of hydrogen-bond donors (Lipinski definition) is 0. The van der Waals surface area contributed by atoms with Crippen LogP contribution in [0, 0.1) is 11.8 Å². The zero-order valence-electron chi connectivity index (χ0n) is 35.5. The van der Waals surface area contributed by atoms with E-state index in [0.717, 1.165) is 130 Å². The molecule has 6 aliphatic rings. The van der Waals surface area contributed by atoms with Crippen LogP contribution in [0.4, 0.5) is 10.3 Å². The van der Waals surface area contributed by atoms with Crippen LogP contribution in [0.25, 0.3) is 54.2 Å². The molecule has 0 N–H and O–H groups in total. The standard InChI is InChI=1S/C54H38N4O6S2/c59-43-33-19-27-11-3-4-12-28(27)20-34(33)44(60)41(43)55-51-57-49-47(65-51)37-23-32-26-40-38(24-31(32)25-39(37)63-53(49)15-7-1-8-16-53)48-50(54(64-40)17-9-2-10-18-54)58-52(66-48)56-42-45(61)35-21-29-13-5-6-14-30(29)22-36(35)46(42)62/h3-6,11-14,19-26,31-32H,1-2,7-10,15-18H2. The van der Waals surface area contributed by atoms with Crippen LogP contribution in [-0.4, -0.2) is 9.97 Å². The summed E-state index contributed by atoms with van der Waals surface area (Å²) in [5.74, 6) is 1.49. The third-order valence-corrected chi connectivity index (χ3v) is 16.9. The number of benzene rings is 4. The largest absolute Gasteiger partial charge is 0.481 e. The summed E-state index contributed by atoms with van der Waals surface area (Å²) >= 11 is 2.84. The van der Waals surface area contributed by atoms with Crippen LogP contribution in [0.2, 0.25) is 0 Å². The van der Waals surface area contributed by atoms with Gasteiger partial charge >= 0.3 is 0 Å². The lowest BCUT2D eigenvalue weighted by atomic mass is 9.73. The second kappa shape index (κ2) is 13.9. The van der Waals surface area contributed by atoms with Gasteiger partial charge in [-0.1, -0.05) is 96.2 Å². The number of rotatable bonds is 2. The smallest absolute Gasteiger partial charge is 0.216 e. The molecule has 0 bridgehead atoms. The predicted molar refractivity (Wildman–Crippen MR) is 258 cm³/mol. The third-order valence-electron chi connectivity index (χ3n) is 14.9. The van der Waals surface area contributed by atoms with Gasteiger partial charge in [-0.05, 0) is 109 Å². The van der Waals surface area contributed by atoms with E-state index >= 15 is 0 Å². The topological polar surface area (TPSA) is 137 Å². The minimum Gasteiger partial charge on any atom is -0.481 e. The average Bonchev–Trinajstić information content (AvgIpc) is 4.09. The first-order valence-electron chi connectivity index (χ1n) is 22.9. The Hall–Kier alpha value is -6.76. The maximum Gasteiger partial charge on any atom is 0.216 e. The second-order valence-electron chi connectivity index (χ2n) is 18.8. The molecule has 4 aliphatic carbocycles. The summed E-state index contributed by atoms with van der Waals surface area (Å²) in [5.41, 5.74) is 0.772. The van der Waals surface area contributed by atoms with Crippen molar-refractivity contribution in [2.45, 2.75) is 75.4 Å². The SMILES string of the molecule is O=c1c(=Nc2nc3c(s2)C2=CC4C=C5OC6(CCCCC6)c6nc(N=c7c(=O)c8cc9ccccc9cc8c7=O)sc6C5=CC4C=C2OC32CCCCC2)c(=O)c2cc3ccccc3cc12. The molecular formula is C54H38N4O6S2. The maximum atomic E-state index is 13.8. The van der Waals surface area contributed by atoms with E-state index in [0.29, 0.717) is 31.8 Å². The molecule has 0 radical (unpaired) electrons. The first-order chi connectivity index (χ1) is 32.2. The van der Waals surface area contributed by atoms with Gasteiger partial charge in [0.15, 0.2) is 21.9 Å². The lowest BCUT2D eigenvalue weighted by Gasteiger charge is -2.45. The Kier molecular flexibility index (Phi) is 8.10. The van der Waals surface area contributed by atoms with Crippen molar-refractivity contribution in [3.8, 4) is 0 Å². The van der Waals surface area contributed by atoms with E-state index in [-0.39, 0.29) is 44.3 Å². The fourth-order valence-electron chi connectivity index (χ4n) is 11.7. The van der Waals surface area contributed by atoms with Gasteiger partial charge in [0.05, 0.1) is 9.75 Å². The molecule has 14 rings (SSSR count). The molecule has 2 saturated carbocycles. The van der Waals surface area contributed by atoms with Gasteiger partial charge in [0.1, 0.15) is 22.9 Å². The van der Waals surface area contributed by atoms with Gasteiger partial charge < -0.3 is 9.47 Å².